The second kappa shape index (κ2) is 33.3. The molecule has 0 saturated carbocycles. The molecule has 0 saturated heterocycles. The Morgan fingerprint density at radius 1 is 0.354 bits per heavy atom. The molecule has 0 aromatic heterocycles. The van der Waals surface area contributed by atoms with E-state index >= 15 is 0 Å². The fraction of sp³-hybridized carbons (Fsp3) is 0.567. The lowest BCUT2D eigenvalue weighted by Gasteiger charge is -2.36. The number of carbonyl (C=O) groups excluding carboxylic acids is 8. The summed E-state index contributed by atoms with van der Waals surface area (Å²) in [5.41, 5.74) is -2.21. The molecule has 3 aromatic carbocycles. The molecule has 5 N–H and O–H groups in total. The normalized spacial score (nSPS) is 11.8. The van der Waals surface area contributed by atoms with Crippen molar-refractivity contribution in [2.45, 2.75) is 200 Å². The van der Waals surface area contributed by atoms with E-state index in [1.54, 1.807) is 62.3 Å². The molecule has 0 atom stereocenters. The van der Waals surface area contributed by atoms with E-state index in [1.165, 1.54) is 0 Å². The largest absolute Gasteiger partial charge is 0.461 e. The minimum atomic E-state index is -1.36. The summed E-state index contributed by atoms with van der Waals surface area (Å²) in [6.07, 6.45) is -0.972. The summed E-state index contributed by atoms with van der Waals surface area (Å²) in [5, 5.41) is 14.5. The molecule has 19 nitrogen and oxygen atoms in total. The van der Waals surface area contributed by atoms with E-state index in [0.717, 1.165) is 16.7 Å². The van der Waals surface area contributed by atoms with Crippen LogP contribution in [0.4, 0.5) is 14.4 Å². The number of esters is 3. The number of benzene rings is 3. The summed E-state index contributed by atoms with van der Waals surface area (Å²) in [6.45, 7) is 16.4. The molecule has 0 radical (unpaired) electrons. The summed E-state index contributed by atoms with van der Waals surface area (Å²) in [4.78, 5) is 107. The van der Waals surface area contributed by atoms with E-state index < -0.39 is 75.9 Å². The SMILES string of the molecule is CC(C)(C)OC(=O)NCCCC(CCCNC(=O)OC(C)(C)C)(CCCNC(=O)OC(C)(C)C)NC(=O)CCC(=O)NC(CCC(=O)OCc1ccccc1)(CCC(=O)OCc1ccccc1)CCC(=O)OCc1ccccc1. The maximum Gasteiger partial charge on any atom is 0.407 e. The Morgan fingerprint density at radius 3 is 0.861 bits per heavy atom. The molecule has 79 heavy (non-hydrogen) atoms. The second-order valence-corrected chi connectivity index (χ2v) is 22.7. The molecule has 0 heterocycles. The third-order valence-electron chi connectivity index (χ3n) is 12.0. The third-order valence-corrected chi connectivity index (χ3v) is 12.0. The maximum atomic E-state index is 14.3. The Labute approximate surface area is 467 Å². The summed E-state index contributed by atoms with van der Waals surface area (Å²) in [7, 11) is 0. The third kappa shape index (κ3) is 31.1. The molecule has 0 bridgehead atoms. The van der Waals surface area contributed by atoms with Crippen LogP contribution in [0.3, 0.4) is 0 Å². The molecule has 3 aromatic rings. The number of ether oxygens (including phenoxy) is 6. The van der Waals surface area contributed by atoms with Gasteiger partial charge in [-0.2, -0.15) is 0 Å². The van der Waals surface area contributed by atoms with Crippen LogP contribution >= 0.6 is 0 Å². The highest BCUT2D eigenvalue weighted by molar-refractivity contribution is 5.85. The first kappa shape index (κ1) is 66.1. The molecule has 436 valence electrons. The van der Waals surface area contributed by atoms with Gasteiger partial charge in [0.05, 0.1) is 0 Å². The lowest BCUT2D eigenvalue weighted by Crippen LogP contribution is -2.51. The monoisotopic (exact) mass is 1100 g/mol. The minimum Gasteiger partial charge on any atom is -0.461 e. The van der Waals surface area contributed by atoms with Crippen molar-refractivity contribution in [3.8, 4) is 0 Å². The molecule has 0 aliphatic heterocycles. The van der Waals surface area contributed by atoms with Crippen LogP contribution in [0.15, 0.2) is 91.0 Å². The number of alkyl carbamates (subject to hydrolysis) is 3. The Hall–Kier alpha value is -7.18. The van der Waals surface area contributed by atoms with Gasteiger partial charge in [0.2, 0.25) is 11.8 Å². The highest BCUT2D eigenvalue weighted by Gasteiger charge is 2.36. The zero-order chi connectivity index (χ0) is 58.4. The molecule has 5 amide bonds. The van der Waals surface area contributed by atoms with E-state index in [4.69, 9.17) is 28.4 Å². The van der Waals surface area contributed by atoms with E-state index in [9.17, 15) is 38.4 Å². The van der Waals surface area contributed by atoms with Crippen LogP contribution in [0.25, 0.3) is 0 Å². The molecular formula is C60H87N5O14. The number of carbonyl (C=O) groups is 8. The van der Waals surface area contributed by atoms with E-state index in [0.29, 0.717) is 38.5 Å². The van der Waals surface area contributed by atoms with Crippen molar-refractivity contribution in [2.24, 2.45) is 0 Å². The molecule has 0 aliphatic rings. The molecular weight excluding hydrogens is 1010 g/mol. The quantitative estimate of drug-likeness (QED) is 0.0222. The Balaban J connectivity index is 1.91. The lowest BCUT2D eigenvalue weighted by molar-refractivity contribution is -0.146. The average molecular weight is 1100 g/mol. The van der Waals surface area contributed by atoms with Gasteiger partial charge in [-0.05, 0) is 137 Å². The second-order valence-electron chi connectivity index (χ2n) is 22.7. The van der Waals surface area contributed by atoms with Crippen LogP contribution in [0, 0.1) is 0 Å². The van der Waals surface area contributed by atoms with Crippen molar-refractivity contribution in [1.82, 2.24) is 26.6 Å². The zero-order valence-corrected chi connectivity index (χ0v) is 48.0. The number of rotatable bonds is 32. The number of nitrogens with one attached hydrogen (secondary N) is 5. The van der Waals surface area contributed by atoms with Crippen LogP contribution in [-0.2, 0) is 72.2 Å². The average Bonchev–Trinajstić information content (AvgIpc) is 3.38. The van der Waals surface area contributed by atoms with Crippen LogP contribution in [0.1, 0.15) is 169 Å². The van der Waals surface area contributed by atoms with Gasteiger partial charge in [-0.15, -0.1) is 0 Å². The highest BCUT2D eigenvalue weighted by atomic mass is 16.6. The van der Waals surface area contributed by atoms with Gasteiger partial charge in [0.15, 0.2) is 0 Å². The Kier molecular flexibility index (Phi) is 27.9. The topological polar surface area (TPSA) is 252 Å². The van der Waals surface area contributed by atoms with Crippen LogP contribution in [0.2, 0.25) is 0 Å². The first-order valence-electron chi connectivity index (χ1n) is 27.3. The van der Waals surface area contributed by atoms with Crippen LogP contribution in [0.5, 0.6) is 0 Å². The number of hydrogen-bond acceptors (Lipinski definition) is 14. The summed E-state index contributed by atoms with van der Waals surface area (Å²) >= 11 is 0. The van der Waals surface area contributed by atoms with Gasteiger partial charge in [0.1, 0.15) is 36.6 Å². The standard InChI is InChI=1S/C60H87N5O14/c1-56(2,3)77-53(71)61-39-19-33-59(34-20-40-62-54(72)78-57(4,5)6,35-21-41-63-55(73)79-58(7,8)9)64-48(66)28-29-49(67)65-60(36-30-50(68)74-42-45-22-13-10-14-23-45,37-31-51(69)75-43-46-24-15-11-16-25-46)38-32-52(70)76-44-47-26-17-12-18-27-47/h10-18,22-27H,19-21,28-44H2,1-9H3,(H,61,71)(H,62,72)(H,63,73)(H,64,66)(H,65,67). The van der Waals surface area contributed by atoms with Crippen molar-refractivity contribution in [2.75, 3.05) is 19.6 Å². The molecule has 0 unspecified atom stereocenters. The lowest BCUT2D eigenvalue weighted by atomic mass is 9.83. The summed E-state index contributed by atoms with van der Waals surface area (Å²) in [5.74, 6) is -2.78. The van der Waals surface area contributed by atoms with E-state index in [1.807, 2.05) is 91.0 Å². The smallest absolute Gasteiger partial charge is 0.407 e. The fourth-order valence-corrected chi connectivity index (χ4v) is 8.32. The van der Waals surface area contributed by atoms with Crippen molar-refractivity contribution in [1.29, 1.82) is 0 Å². The van der Waals surface area contributed by atoms with E-state index in [2.05, 4.69) is 26.6 Å². The first-order chi connectivity index (χ1) is 37.2. The van der Waals surface area contributed by atoms with Crippen molar-refractivity contribution in [3.05, 3.63) is 108 Å². The van der Waals surface area contributed by atoms with Crippen LogP contribution in [-0.4, -0.2) is 95.5 Å². The van der Waals surface area contributed by atoms with Gasteiger partial charge >= 0.3 is 36.2 Å². The van der Waals surface area contributed by atoms with Crippen molar-refractivity contribution in [3.63, 3.8) is 0 Å². The first-order valence-corrected chi connectivity index (χ1v) is 27.3. The fourth-order valence-electron chi connectivity index (χ4n) is 8.32. The molecule has 3 rings (SSSR count). The van der Waals surface area contributed by atoms with Gasteiger partial charge < -0.3 is 55.0 Å². The number of amides is 5. The molecule has 0 spiro atoms. The van der Waals surface area contributed by atoms with E-state index in [-0.39, 0.29) is 90.8 Å². The summed E-state index contributed by atoms with van der Waals surface area (Å²) < 4.78 is 33.1. The maximum absolute atomic E-state index is 14.3. The van der Waals surface area contributed by atoms with Crippen LogP contribution < -0.4 is 26.6 Å². The highest BCUT2D eigenvalue weighted by Crippen LogP contribution is 2.29. The summed E-state index contributed by atoms with van der Waals surface area (Å²) in [6, 6.07) is 27.4. The van der Waals surface area contributed by atoms with Gasteiger partial charge in [-0.1, -0.05) is 91.0 Å². The van der Waals surface area contributed by atoms with Gasteiger partial charge in [0, 0.05) is 62.8 Å². The molecule has 19 heteroatoms. The zero-order valence-electron chi connectivity index (χ0n) is 48.0. The Bertz CT molecular complexity index is 2130. The predicted molar refractivity (Wildman–Crippen MR) is 298 cm³/mol. The van der Waals surface area contributed by atoms with Gasteiger partial charge in [-0.25, -0.2) is 14.4 Å². The number of hydrogen-bond donors (Lipinski definition) is 5. The minimum absolute atomic E-state index is 0.00795. The van der Waals surface area contributed by atoms with Gasteiger partial charge in [-0.3, -0.25) is 24.0 Å². The van der Waals surface area contributed by atoms with Crippen molar-refractivity contribution < 1.29 is 66.8 Å². The molecule has 0 aliphatic carbocycles. The van der Waals surface area contributed by atoms with Gasteiger partial charge in [0.25, 0.3) is 0 Å². The predicted octanol–water partition coefficient (Wildman–Crippen LogP) is 9.96. The van der Waals surface area contributed by atoms with Crippen molar-refractivity contribution >= 4 is 48.0 Å². The Morgan fingerprint density at radius 2 is 0.608 bits per heavy atom. The molecule has 0 fully saturated rings.